The van der Waals surface area contributed by atoms with Gasteiger partial charge in [0.1, 0.15) is 0 Å². The largest absolute Gasteiger partial charge is 0.381 e. The van der Waals surface area contributed by atoms with Crippen LogP contribution in [0.15, 0.2) is 29.3 Å². The van der Waals surface area contributed by atoms with Gasteiger partial charge in [0, 0.05) is 51.5 Å². The highest BCUT2D eigenvalue weighted by Crippen LogP contribution is 2.26. The lowest BCUT2D eigenvalue weighted by molar-refractivity contribution is -0.00254. The molecule has 1 saturated heterocycles. The Morgan fingerprint density at radius 2 is 1.87 bits per heavy atom. The number of halogens is 1. The number of likely N-dealkylation sites (N-methyl/N-ethyl adjacent to an activating group) is 1. The second-order valence-electron chi connectivity index (χ2n) is 8.00. The summed E-state index contributed by atoms with van der Waals surface area (Å²) >= 11 is 0. The molecule has 2 N–H and O–H groups in total. The fourth-order valence-electron chi connectivity index (χ4n) is 3.51. The molecule has 0 aromatic heterocycles. The maximum absolute atomic E-state index is 12.2. The smallest absolute Gasteiger partial charge is 0.253 e. The molecule has 170 valence electrons. The molecule has 0 spiro atoms. The van der Waals surface area contributed by atoms with E-state index in [4.69, 9.17) is 9.73 Å². The summed E-state index contributed by atoms with van der Waals surface area (Å²) in [5.74, 6) is 0.862. The number of guanidine groups is 1. The lowest BCUT2D eigenvalue weighted by Crippen LogP contribution is -2.51. The molecule has 7 nitrogen and oxygen atoms in total. The standard InChI is InChI=1S/C22H37N5O2.HI/c1-6-23-21(25-17-22(27(4)5)11-14-29-15-12-22)24-13-10-18-8-7-9-19(16-18)20(28)26(2)3;/h7-9,16H,6,10-15,17H2,1-5H3,(H2,23,24,25);1H. The van der Waals surface area contributed by atoms with E-state index < -0.39 is 0 Å². The van der Waals surface area contributed by atoms with Crippen molar-refractivity contribution >= 4 is 35.8 Å². The van der Waals surface area contributed by atoms with Crippen molar-refractivity contribution in [2.75, 3.05) is 61.0 Å². The number of carbonyl (C=O) groups is 1. The van der Waals surface area contributed by atoms with Gasteiger partial charge in [0.25, 0.3) is 5.91 Å². The Kier molecular flexibility index (Phi) is 11.6. The van der Waals surface area contributed by atoms with E-state index in [1.807, 2.05) is 18.2 Å². The maximum Gasteiger partial charge on any atom is 0.253 e. The zero-order chi connectivity index (χ0) is 21.3. The minimum atomic E-state index is 0. The van der Waals surface area contributed by atoms with Crippen molar-refractivity contribution in [3.8, 4) is 0 Å². The monoisotopic (exact) mass is 531 g/mol. The van der Waals surface area contributed by atoms with Crippen molar-refractivity contribution in [3.63, 3.8) is 0 Å². The highest BCUT2D eigenvalue weighted by atomic mass is 127. The molecule has 0 bridgehead atoms. The molecule has 1 heterocycles. The molecule has 0 atom stereocenters. The number of rotatable bonds is 8. The Balaban J connectivity index is 0.00000450. The number of hydrogen-bond donors (Lipinski definition) is 2. The molecule has 0 aliphatic carbocycles. The molecule has 0 radical (unpaired) electrons. The third kappa shape index (κ3) is 7.70. The molecule has 1 aliphatic heterocycles. The number of benzene rings is 1. The van der Waals surface area contributed by atoms with Crippen molar-refractivity contribution in [2.45, 2.75) is 31.7 Å². The Morgan fingerprint density at radius 1 is 1.17 bits per heavy atom. The van der Waals surface area contributed by atoms with E-state index in [0.717, 1.165) is 69.2 Å². The molecule has 0 saturated carbocycles. The van der Waals surface area contributed by atoms with Gasteiger partial charge in [-0.15, -0.1) is 24.0 Å². The van der Waals surface area contributed by atoms with Crippen LogP contribution in [0.3, 0.4) is 0 Å². The Morgan fingerprint density at radius 3 is 2.47 bits per heavy atom. The summed E-state index contributed by atoms with van der Waals surface area (Å²) in [6, 6.07) is 7.83. The molecular weight excluding hydrogens is 493 g/mol. The normalized spacial score (nSPS) is 16.0. The Hall–Kier alpha value is -1.39. The number of amides is 1. The molecule has 30 heavy (non-hydrogen) atoms. The summed E-state index contributed by atoms with van der Waals surface area (Å²) in [6.07, 6.45) is 2.82. The quantitative estimate of drug-likeness (QED) is 0.306. The first-order valence-corrected chi connectivity index (χ1v) is 10.5. The molecule has 1 amide bonds. The first-order chi connectivity index (χ1) is 13.9. The summed E-state index contributed by atoms with van der Waals surface area (Å²) in [4.78, 5) is 20.9. The van der Waals surface area contributed by atoms with Crippen LogP contribution in [0.25, 0.3) is 0 Å². The van der Waals surface area contributed by atoms with E-state index in [1.54, 1.807) is 19.0 Å². The van der Waals surface area contributed by atoms with Crippen LogP contribution in [0, 0.1) is 0 Å². The second kappa shape index (κ2) is 13.1. The van der Waals surface area contributed by atoms with Crippen LogP contribution >= 0.6 is 24.0 Å². The average Bonchev–Trinajstić information content (AvgIpc) is 2.72. The summed E-state index contributed by atoms with van der Waals surface area (Å²) in [5, 5.41) is 6.77. The molecule has 1 aliphatic rings. The van der Waals surface area contributed by atoms with Crippen LogP contribution in [0.5, 0.6) is 0 Å². The summed E-state index contributed by atoms with van der Waals surface area (Å²) in [6.45, 7) is 5.97. The summed E-state index contributed by atoms with van der Waals surface area (Å²) in [7, 11) is 7.80. The first-order valence-electron chi connectivity index (χ1n) is 10.5. The van der Waals surface area contributed by atoms with Gasteiger partial charge in [0.05, 0.1) is 6.54 Å². The number of nitrogens with one attached hydrogen (secondary N) is 2. The van der Waals surface area contributed by atoms with Crippen molar-refractivity contribution in [2.24, 2.45) is 4.99 Å². The van der Waals surface area contributed by atoms with Gasteiger partial charge in [-0.1, -0.05) is 12.1 Å². The van der Waals surface area contributed by atoms with Gasteiger partial charge >= 0.3 is 0 Å². The first kappa shape index (κ1) is 26.6. The van der Waals surface area contributed by atoms with Gasteiger partial charge in [-0.25, -0.2) is 0 Å². The zero-order valence-corrected chi connectivity index (χ0v) is 21.4. The van der Waals surface area contributed by atoms with Crippen LogP contribution in [0.2, 0.25) is 0 Å². The predicted octanol–water partition coefficient (Wildman–Crippen LogP) is 2.21. The molecule has 0 unspecified atom stereocenters. The van der Waals surface area contributed by atoms with E-state index in [0.29, 0.717) is 0 Å². The van der Waals surface area contributed by atoms with E-state index >= 15 is 0 Å². The number of hydrogen-bond acceptors (Lipinski definition) is 4. The minimum absolute atomic E-state index is 0. The van der Waals surface area contributed by atoms with Crippen molar-refractivity contribution in [3.05, 3.63) is 35.4 Å². The lowest BCUT2D eigenvalue weighted by Gasteiger charge is -2.41. The predicted molar refractivity (Wildman–Crippen MR) is 134 cm³/mol. The van der Waals surface area contributed by atoms with Gasteiger partial charge in [-0.2, -0.15) is 0 Å². The van der Waals surface area contributed by atoms with E-state index in [1.165, 1.54) is 0 Å². The molecule has 8 heteroatoms. The lowest BCUT2D eigenvalue weighted by atomic mass is 9.89. The number of nitrogens with zero attached hydrogens (tertiary/aromatic N) is 3. The number of ether oxygens (including phenoxy) is 1. The van der Waals surface area contributed by atoms with Crippen LogP contribution in [0.1, 0.15) is 35.7 Å². The fraction of sp³-hybridized carbons (Fsp3) is 0.636. The molecule has 1 fully saturated rings. The molecule has 1 aromatic carbocycles. The van der Waals surface area contributed by atoms with Crippen molar-refractivity contribution in [1.82, 2.24) is 20.4 Å². The zero-order valence-electron chi connectivity index (χ0n) is 19.0. The highest BCUT2D eigenvalue weighted by Gasteiger charge is 2.34. The van der Waals surface area contributed by atoms with Gasteiger partial charge in [-0.05, 0) is 58.0 Å². The topological polar surface area (TPSA) is 69.2 Å². The SMILES string of the molecule is CCNC(=NCC1(N(C)C)CCOCC1)NCCc1cccc(C(=O)N(C)C)c1.I. The highest BCUT2D eigenvalue weighted by molar-refractivity contribution is 14.0. The Bertz CT molecular complexity index is 688. The third-order valence-corrected chi connectivity index (χ3v) is 5.53. The fourth-order valence-corrected chi connectivity index (χ4v) is 3.51. The number of carbonyl (C=O) groups excluding carboxylic acids is 1. The Labute approximate surface area is 198 Å². The summed E-state index contributed by atoms with van der Waals surface area (Å²) in [5.41, 5.74) is 1.91. The summed E-state index contributed by atoms with van der Waals surface area (Å²) < 4.78 is 5.55. The number of aliphatic imine (C=N–C) groups is 1. The van der Waals surface area contributed by atoms with E-state index in [2.05, 4.69) is 42.6 Å². The second-order valence-corrected chi connectivity index (χ2v) is 8.00. The van der Waals surface area contributed by atoms with Crippen LogP contribution in [-0.2, 0) is 11.2 Å². The third-order valence-electron chi connectivity index (χ3n) is 5.53. The van der Waals surface area contributed by atoms with Gasteiger partial charge < -0.3 is 25.2 Å². The van der Waals surface area contributed by atoms with Gasteiger partial charge in [0.2, 0.25) is 0 Å². The minimum Gasteiger partial charge on any atom is -0.381 e. The molecule has 1 aromatic rings. The van der Waals surface area contributed by atoms with Crippen molar-refractivity contribution in [1.29, 1.82) is 0 Å². The van der Waals surface area contributed by atoms with Crippen LogP contribution < -0.4 is 10.6 Å². The molecule has 2 rings (SSSR count). The average molecular weight is 531 g/mol. The van der Waals surface area contributed by atoms with Crippen LogP contribution in [0.4, 0.5) is 0 Å². The van der Waals surface area contributed by atoms with Crippen molar-refractivity contribution < 1.29 is 9.53 Å². The van der Waals surface area contributed by atoms with Gasteiger partial charge in [-0.3, -0.25) is 9.79 Å². The van der Waals surface area contributed by atoms with E-state index in [-0.39, 0.29) is 35.4 Å². The van der Waals surface area contributed by atoms with Gasteiger partial charge in [0.15, 0.2) is 5.96 Å². The van der Waals surface area contributed by atoms with E-state index in [9.17, 15) is 4.79 Å². The maximum atomic E-state index is 12.2. The van der Waals surface area contributed by atoms with Crippen LogP contribution in [-0.4, -0.2) is 88.2 Å². The molecular formula is C22H38IN5O2.